The second-order valence-electron chi connectivity index (χ2n) is 4.47. The van der Waals surface area contributed by atoms with E-state index in [1.54, 1.807) is 0 Å². The van der Waals surface area contributed by atoms with E-state index in [1.807, 2.05) is 0 Å². The Kier molecular flexibility index (Phi) is 6.20. The Morgan fingerprint density at radius 1 is 1.14 bits per heavy atom. The molecule has 0 aromatic carbocycles. The fourth-order valence-electron chi connectivity index (χ4n) is 1.94. The van der Waals surface area contributed by atoms with Gasteiger partial charge in [-0.05, 0) is 25.9 Å². The van der Waals surface area contributed by atoms with Crippen LogP contribution in [0.5, 0.6) is 0 Å². The van der Waals surface area contributed by atoms with E-state index in [2.05, 4.69) is 55.8 Å². The molecule has 0 heterocycles. The molecule has 83 valence electrons. The Bertz CT molecular complexity index is 154. The standard InChI is InChI=1S/C10H24NOSi2/c1-7-9(3)11(10(4)8-2)14(5,6)12-13/h9-10H,7-8H2,1-6H3. The minimum atomic E-state index is -1.73. The van der Waals surface area contributed by atoms with Crippen molar-refractivity contribution in [3.05, 3.63) is 0 Å². The summed E-state index contributed by atoms with van der Waals surface area (Å²) in [5.41, 5.74) is 0. The van der Waals surface area contributed by atoms with Gasteiger partial charge in [0.25, 0.3) is 8.48 Å². The van der Waals surface area contributed by atoms with Crippen molar-refractivity contribution >= 4 is 19.0 Å². The molecule has 0 rings (SSSR count). The lowest BCUT2D eigenvalue weighted by Gasteiger charge is -2.43. The molecule has 0 saturated carbocycles. The van der Waals surface area contributed by atoms with Crippen LogP contribution in [0.3, 0.4) is 0 Å². The van der Waals surface area contributed by atoms with E-state index in [0.717, 1.165) is 0 Å². The fraction of sp³-hybridized carbons (Fsp3) is 1.00. The van der Waals surface area contributed by atoms with Crippen LogP contribution in [-0.2, 0) is 4.12 Å². The Balaban J connectivity index is 4.71. The molecule has 2 atom stereocenters. The monoisotopic (exact) mass is 230 g/mol. The summed E-state index contributed by atoms with van der Waals surface area (Å²) in [7, 11) is 1.51. The first kappa shape index (κ1) is 14.4. The van der Waals surface area contributed by atoms with E-state index in [9.17, 15) is 0 Å². The zero-order valence-electron chi connectivity index (χ0n) is 10.4. The van der Waals surface area contributed by atoms with Gasteiger partial charge in [-0.15, -0.1) is 0 Å². The normalized spacial score (nSPS) is 17.1. The highest BCUT2D eigenvalue weighted by molar-refractivity contribution is 6.71. The molecule has 0 aromatic heterocycles. The molecule has 0 saturated heterocycles. The molecule has 0 aliphatic carbocycles. The molecule has 2 unspecified atom stereocenters. The predicted octanol–water partition coefficient (Wildman–Crippen LogP) is 2.69. The average molecular weight is 230 g/mol. The van der Waals surface area contributed by atoms with Gasteiger partial charge in [-0.25, -0.2) is 0 Å². The summed E-state index contributed by atoms with van der Waals surface area (Å²) in [6.45, 7) is 13.5. The minimum Gasteiger partial charge on any atom is -0.445 e. The lowest BCUT2D eigenvalue weighted by atomic mass is 10.2. The first-order chi connectivity index (χ1) is 6.40. The second-order valence-corrected chi connectivity index (χ2v) is 8.70. The molecular formula is C10H24NOSi2. The van der Waals surface area contributed by atoms with Crippen molar-refractivity contribution in [1.82, 2.24) is 4.57 Å². The highest BCUT2D eigenvalue weighted by Crippen LogP contribution is 2.21. The van der Waals surface area contributed by atoms with Crippen LogP contribution in [0.4, 0.5) is 0 Å². The van der Waals surface area contributed by atoms with Gasteiger partial charge in [0.1, 0.15) is 0 Å². The van der Waals surface area contributed by atoms with Gasteiger partial charge >= 0.3 is 0 Å². The van der Waals surface area contributed by atoms with Crippen LogP contribution in [-0.4, -0.2) is 35.6 Å². The highest BCUT2D eigenvalue weighted by atomic mass is 28.4. The molecule has 0 fully saturated rings. The van der Waals surface area contributed by atoms with Gasteiger partial charge < -0.3 is 4.12 Å². The molecule has 2 nitrogen and oxygen atoms in total. The molecule has 0 amide bonds. The lowest BCUT2D eigenvalue weighted by Crippen LogP contribution is -2.58. The molecule has 0 aliphatic rings. The third kappa shape index (κ3) is 3.49. The summed E-state index contributed by atoms with van der Waals surface area (Å²) in [5.74, 6) is 0. The highest BCUT2D eigenvalue weighted by Gasteiger charge is 2.35. The zero-order chi connectivity index (χ0) is 11.4. The van der Waals surface area contributed by atoms with Crippen LogP contribution >= 0.6 is 0 Å². The van der Waals surface area contributed by atoms with Crippen LogP contribution in [0.15, 0.2) is 0 Å². The van der Waals surface area contributed by atoms with Gasteiger partial charge in [0.15, 0.2) is 0 Å². The molecule has 0 spiro atoms. The molecule has 4 heteroatoms. The Morgan fingerprint density at radius 2 is 1.50 bits per heavy atom. The molecule has 3 radical (unpaired) electrons. The SMILES string of the molecule is CCC(C)N(C(C)CC)[Si](C)(C)O[Si]. The maximum atomic E-state index is 5.52. The summed E-state index contributed by atoms with van der Waals surface area (Å²) in [6, 6.07) is 1.20. The summed E-state index contributed by atoms with van der Waals surface area (Å²) in [5, 5.41) is 0. The van der Waals surface area contributed by atoms with E-state index in [1.165, 1.54) is 12.8 Å². The lowest BCUT2D eigenvalue weighted by molar-refractivity contribution is 0.224. The van der Waals surface area contributed by atoms with E-state index < -0.39 is 8.48 Å². The second kappa shape index (κ2) is 6.05. The first-order valence-corrected chi connectivity index (χ1v) is 8.80. The molecule has 0 aromatic rings. The largest absolute Gasteiger partial charge is 0.445 e. The van der Waals surface area contributed by atoms with Gasteiger partial charge in [0.05, 0.1) is 0 Å². The number of hydrogen-bond acceptors (Lipinski definition) is 2. The molecule has 14 heavy (non-hydrogen) atoms. The maximum Gasteiger partial charge on any atom is 0.254 e. The van der Waals surface area contributed by atoms with E-state index in [0.29, 0.717) is 12.1 Å². The van der Waals surface area contributed by atoms with Crippen molar-refractivity contribution in [2.24, 2.45) is 0 Å². The van der Waals surface area contributed by atoms with Crippen molar-refractivity contribution in [1.29, 1.82) is 0 Å². The summed E-state index contributed by atoms with van der Waals surface area (Å²) in [6.07, 6.45) is 2.35. The summed E-state index contributed by atoms with van der Waals surface area (Å²) >= 11 is 0. The minimum absolute atomic E-state index is 0.600. The predicted molar refractivity (Wildman–Crippen MR) is 65.7 cm³/mol. The van der Waals surface area contributed by atoms with Gasteiger partial charge in [-0.3, -0.25) is 4.57 Å². The average Bonchev–Trinajstić information content (AvgIpc) is 2.17. The maximum absolute atomic E-state index is 5.52. The van der Waals surface area contributed by atoms with Gasteiger partial charge in [-0.2, -0.15) is 0 Å². The van der Waals surface area contributed by atoms with Crippen LogP contribution in [0, 0.1) is 0 Å². The van der Waals surface area contributed by atoms with Crippen LogP contribution in [0.2, 0.25) is 13.1 Å². The van der Waals surface area contributed by atoms with Crippen LogP contribution in [0.25, 0.3) is 0 Å². The van der Waals surface area contributed by atoms with Gasteiger partial charge in [0, 0.05) is 12.1 Å². The topological polar surface area (TPSA) is 12.5 Å². The van der Waals surface area contributed by atoms with Crippen LogP contribution < -0.4 is 0 Å². The van der Waals surface area contributed by atoms with Crippen molar-refractivity contribution in [3.63, 3.8) is 0 Å². The number of rotatable bonds is 6. The molecule has 0 bridgehead atoms. The third-order valence-corrected chi connectivity index (χ3v) is 7.13. The zero-order valence-corrected chi connectivity index (χ0v) is 12.4. The Labute approximate surface area is 93.8 Å². The summed E-state index contributed by atoms with van der Waals surface area (Å²) < 4.78 is 8.07. The van der Waals surface area contributed by atoms with Crippen LogP contribution in [0.1, 0.15) is 40.5 Å². The van der Waals surface area contributed by atoms with Crippen molar-refractivity contribution in [3.8, 4) is 0 Å². The van der Waals surface area contributed by atoms with Crippen molar-refractivity contribution in [2.45, 2.75) is 65.7 Å². The van der Waals surface area contributed by atoms with E-state index >= 15 is 0 Å². The fourth-order valence-corrected chi connectivity index (χ4v) is 4.85. The Morgan fingerprint density at radius 3 is 1.71 bits per heavy atom. The third-order valence-electron chi connectivity index (χ3n) is 3.00. The molecule has 0 aliphatic heterocycles. The van der Waals surface area contributed by atoms with E-state index in [-0.39, 0.29) is 0 Å². The molecule has 0 N–H and O–H groups in total. The molecular weight excluding hydrogens is 206 g/mol. The smallest absolute Gasteiger partial charge is 0.254 e. The van der Waals surface area contributed by atoms with Gasteiger partial charge in [0.2, 0.25) is 10.5 Å². The van der Waals surface area contributed by atoms with Gasteiger partial charge in [-0.1, -0.05) is 27.7 Å². The van der Waals surface area contributed by atoms with Crippen molar-refractivity contribution in [2.75, 3.05) is 0 Å². The number of nitrogens with zero attached hydrogens (tertiary/aromatic N) is 1. The Hall–Kier alpha value is 0.354. The van der Waals surface area contributed by atoms with Crippen molar-refractivity contribution < 1.29 is 4.12 Å². The van der Waals surface area contributed by atoms with E-state index in [4.69, 9.17) is 4.12 Å². The first-order valence-electron chi connectivity index (χ1n) is 5.53. The number of hydrogen-bond donors (Lipinski definition) is 0. The summed E-state index contributed by atoms with van der Waals surface area (Å²) in [4.78, 5) is 0. The quantitative estimate of drug-likeness (QED) is 0.651.